The molecule has 9 nitrogen and oxygen atoms in total. The van der Waals surface area contributed by atoms with E-state index in [9.17, 15) is 14.9 Å². The molecule has 9 heteroatoms. The number of nitrogens with zero attached hydrogens (tertiary/aromatic N) is 3. The molecule has 0 saturated heterocycles. The van der Waals surface area contributed by atoms with Crippen molar-refractivity contribution >= 4 is 23.3 Å². The lowest BCUT2D eigenvalue weighted by Gasteiger charge is -2.23. The summed E-state index contributed by atoms with van der Waals surface area (Å²) in [5.74, 6) is -0.0793. The number of ether oxygens (including phenoxy) is 2. The van der Waals surface area contributed by atoms with Crippen molar-refractivity contribution in [3.05, 3.63) is 22.2 Å². The predicted molar refractivity (Wildman–Crippen MR) is 76.0 cm³/mol. The van der Waals surface area contributed by atoms with Gasteiger partial charge in [-0.1, -0.05) is 0 Å². The first-order valence-electron chi connectivity index (χ1n) is 6.21. The fourth-order valence-corrected chi connectivity index (χ4v) is 1.66. The molecular weight excluding hydrogens is 280 g/mol. The minimum Gasteiger partial charge on any atom is -0.469 e. The molecule has 0 unspecified atom stereocenters. The number of carbonyl (C=O) groups excluding carboxylic acids is 1. The van der Waals surface area contributed by atoms with Crippen molar-refractivity contribution in [1.82, 2.24) is 4.98 Å². The van der Waals surface area contributed by atoms with Gasteiger partial charge in [-0.25, -0.2) is 4.98 Å². The van der Waals surface area contributed by atoms with Gasteiger partial charge in [0, 0.05) is 26.3 Å². The van der Waals surface area contributed by atoms with Crippen molar-refractivity contribution in [3.8, 4) is 0 Å². The second kappa shape index (κ2) is 8.00. The van der Waals surface area contributed by atoms with Gasteiger partial charge in [0.25, 0.3) is 0 Å². The molecule has 0 bridgehead atoms. The van der Waals surface area contributed by atoms with Crippen LogP contribution in [-0.2, 0) is 14.3 Å². The van der Waals surface area contributed by atoms with Crippen molar-refractivity contribution in [2.24, 2.45) is 0 Å². The standard InChI is InChI=1S/C12H18N4O5/c1-20-8-7-15(6-5-11(17)21-2)10-4-3-9(16(18)19)12(13)14-10/h3-4H,5-8H2,1-2H3,(H2,13,14). The monoisotopic (exact) mass is 298 g/mol. The van der Waals surface area contributed by atoms with Crippen molar-refractivity contribution < 1.29 is 19.2 Å². The van der Waals surface area contributed by atoms with E-state index in [2.05, 4.69) is 9.72 Å². The number of aromatic nitrogens is 1. The third-order valence-corrected chi connectivity index (χ3v) is 2.79. The Balaban J connectivity index is 2.88. The normalized spacial score (nSPS) is 10.2. The molecule has 0 saturated carbocycles. The van der Waals surface area contributed by atoms with Crippen LogP contribution in [0.3, 0.4) is 0 Å². The van der Waals surface area contributed by atoms with Crippen LogP contribution in [0, 0.1) is 10.1 Å². The van der Waals surface area contributed by atoms with Crippen molar-refractivity contribution in [2.75, 3.05) is 44.5 Å². The molecule has 1 aromatic rings. The molecule has 0 aliphatic heterocycles. The molecule has 21 heavy (non-hydrogen) atoms. The summed E-state index contributed by atoms with van der Waals surface area (Å²) in [6.45, 7) is 1.23. The minimum absolute atomic E-state index is 0.165. The number of nitrogens with two attached hydrogens (primary N) is 1. The van der Waals surface area contributed by atoms with Gasteiger partial charge in [-0.3, -0.25) is 14.9 Å². The molecule has 2 N–H and O–H groups in total. The molecule has 0 spiro atoms. The van der Waals surface area contributed by atoms with Crippen LogP contribution < -0.4 is 10.6 Å². The Kier molecular flexibility index (Phi) is 6.34. The maximum atomic E-state index is 11.2. The molecule has 1 rings (SSSR count). The summed E-state index contributed by atoms with van der Waals surface area (Å²) in [6.07, 6.45) is 0.165. The predicted octanol–water partition coefficient (Wildman–Crippen LogP) is 0.588. The largest absolute Gasteiger partial charge is 0.469 e. The lowest BCUT2D eigenvalue weighted by atomic mass is 10.3. The van der Waals surface area contributed by atoms with E-state index in [-0.39, 0.29) is 23.9 Å². The van der Waals surface area contributed by atoms with Crippen LogP contribution in [0.25, 0.3) is 0 Å². The highest BCUT2D eigenvalue weighted by Crippen LogP contribution is 2.23. The number of pyridine rings is 1. The third kappa shape index (κ3) is 4.88. The van der Waals surface area contributed by atoms with Gasteiger partial charge < -0.3 is 20.1 Å². The molecule has 116 valence electrons. The maximum Gasteiger partial charge on any atom is 0.311 e. The number of hydrogen-bond acceptors (Lipinski definition) is 8. The highest BCUT2D eigenvalue weighted by atomic mass is 16.6. The summed E-state index contributed by atoms with van der Waals surface area (Å²) in [6, 6.07) is 2.77. The van der Waals surface area contributed by atoms with E-state index in [0.717, 1.165) is 0 Å². The topological polar surface area (TPSA) is 121 Å². The molecule has 1 heterocycles. The smallest absolute Gasteiger partial charge is 0.311 e. The van der Waals surface area contributed by atoms with Crippen LogP contribution >= 0.6 is 0 Å². The van der Waals surface area contributed by atoms with E-state index in [1.54, 1.807) is 12.0 Å². The highest BCUT2D eigenvalue weighted by Gasteiger charge is 2.16. The second-order valence-electron chi connectivity index (χ2n) is 4.14. The molecule has 0 aliphatic rings. The van der Waals surface area contributed by atoms with E-state index in [1.807, 2.05) is 0 Å². The summed E-state index contributed by atoms with van der Waals surface area (Å²) in [4.78, 5) is 27.1. The SMILES string of the molecule is COCCN(CCC(=O)OC)c1ccc([N+](=O)[O-])c(N)n1. The number of carbonyl (C=O) groups is 1. The number of methoxy groups -OCH3 is 2. The van der Waals surface area contributed by atoms with Crippen LogP contribution in [0.15, 0.2) is 12.1 Å². The zero-order valence-corrected chi connectivity index (χ0v) is 11.9. The van der Waals surface area contributed by atoms with Crippen LogP contribution in [0.5, 0.6) is 0 Å². The summed E-state index contributed by atoms with van der Waals surface area (Å²) in [5.41, 5.74) is 5.32. The van der Waals surface area contributed by atoms with Crippen LogP contribution in [0.4, 0.5) is 17.3 Å². The highest BCUT2D eigenvalue weighted by molar-refractivity contribution is 5.70. The molecular formula is C12H18N4O5. The molecule has 0 amide bonds. The first-order valence-corrected chi connectivity index (χ1v) is 6.21. The Bertz CT molecular complexity index is 508. The lowest BCUT2D eigenvalue weighted by molar-refractivity contribution is -0.384. The van der Waals surface area contributed by atoms with Gasteiger partial charge in [-0.15, -0.1) is 0 Å². The number of nitrogen functional groups attached to an aromatic ring is 1. The molecule has 0 aliphatic carbocycles. The Morgan fingerprint density at radius 3 is 2.67 bits per heavy atom. The zero-order valence-electron chi connectivity index (χ0n) is 11.9. The molecule has 0 radical (unpaired) electrons. The Labute approximate surface area is 121 Å². The minimum atomic E-state index is -0.597. The van der Waals surface area contributed by atoms with Crippen molar-refractivity contribution in [3.63, 3.8) is 0 Å². The van der Waals surface area contributed by atoms with Gasteiger partial charge in [0.15, 0.2) is 0 Å². The Hall–Kier alpha value is -2.42. The van der Waals surface area contributed by atoms with Gasteiger partial charge in [0.1, 0.15) is 5.82 Å². The van der Waals surface area contributed by atoms with Gasteiger partial charge in [0.05, 0.1) is 25.1 Å². The van der Waals surface area contributed by atoms with Gasteiger partial charge in [0.2, 0.25) is 5.82 Å². The van der Waals surface area contributed by atoms with E-state index >= 15 is 0 Å². The summed E-state index contributed by atoms with van der Waals surface area (Å²) < 4.78 is 9.58. The number of esters is 1. The van der Waals surface area contributed by atoms with Gasteiger partial charge >= 0.3 is 11.7 Å². The second-order valence-corrected chi connectivity index (χ2v) is 4.14. The van der Waals surface area contributed by atoms with Crippen LogP contribution in [-0.4, -0.2) is 49.8 Å². The first kappa shape index (κ1) is 16.6. The molecule has 1 aromatic heterocycles. The summed E-state index contributed by atoms with van der Waals surface area (Å²) in [7, 11) is 2.86. The number of nitro groups is 1. The quantitative estimate of drug-likeness (QED) is 0.420. The maximum absolute atomic E-state index is 11.2. The number of rotatable bonds is 8. The van der Waals surface area contributed by atoms with E-state index < -0.39 is 4.92 Å². The van der Waals surface area contributed by atoms with Crippen molar-refractivity contribution in [1.29, 1.82) is 0 Å². The Morgan fingerprint density at radius 1 is 1.43 bits per heavy atom. The molecule has 0 aromatic carbocycles. The number of anilines is 2. The number of hydrogen-bond donors (Lipinski definition) is 1. The zero-order chi connectivity index (χ0) is 15.8. The van der Waals surface area contributed by atoms with Crippen LogP contribution in [0.1, 0.15) is 6.42 Å². The Morgan fingerprint density at radius 2 is 2.14 bits per heavy atom. The lowest BCUT2D eigenvalue weighted by Crippen LogP contribution is -2.30. The summed E-state index contributed by atoms with van der Waals surface area (Å²) >= 11 is 0. The van der Waals surface area contributed by atoms with Gasteiger partial charge in [-0.2, -0.15) is 0 Å². The third-order valence-electron chi connectivity index (χ3n) is 2.79. The first-order chi connectivity index (χ1) is 9.99. The average molecular weight is 298 g/mol. The molecule has 0 fully saturated rings. The average Bonchev–Trinajstić information content (AvgIpc) is 2.46. The molecule has 0 atom stereocenters. The van der Waals surface area contributed by atoms with Gasteiger partial charge in [-0.05, 0) is 6.07 Å². The van der Waals surface area contributed by atoms with E-state index in [4.69, 9.17) is 10.5 Å². The van der Waals surface area contributed by atoms with Crippen LogP contribution in [0.2, 0.25) is 0 Å². The van der Waals surface area contributed by atoms with E-state index in [1.165, 1.54) is 19.2 Å². The van der Waals surface area contributed by atoms with E-state index in [0.29, 0.717) is 25.5 Å². The fourth-order valence-electron chi connectivity index (χ4n) is 1.66. The van der Waals surface area contributed by atoms with Crippen molar-refractivity contribution in [2.45, 2.75) is 6.42 Å². The summed E-state index contributed by atoms with van der Waals surface area (Å²) in [5, 5.41) is 10.7. The fraction of sp³-hybridized carbons (Fsp3) is 0.500.